The van der Waals surface area contributed by atoms with Gasteiger partial charge >= 0.3 is 0 Å². The number of piperidine rings is 1. The lowest BCUT2D eigenvalue weighted by atomic mass is 10.0. The van der Waals surface area contributed by atoms with E-state index in [1.165, 1.54) is 17.7 Å². The van der Waals surface area contributed by atoms with Crippen molar-refractivity contribution in [1.29, 1.82) is 0 Å². The number of hydrogen-bond donors (Lipinski definition) is 2. The van der Waals surface area contributed by atoms with Gasteiger partial charge in [-0.1, -0.05) is 30.3 Å². The van der Waals surface area contributed by atoms with E-state index in [-0.39, 0.29) is 11.7 Å². The Labute approximate surface area is 152 Å². The molecule has 0 amide bonds. The molecule has 0 radical (unpaired) electrons. The first kappa shape index (κ1) is 17.9. The number of rotatable bonds is 5. The highest BCUT2D eigenvalue weighted by Crippen LogP contribution is 2.18. The van der Waals surface area contributed by atoms with Crippen LogP contribution < -0.4 is 11.1 Å². The molecule has 1 fully saturated rings. The quantitative estimate of drug-likeness (QED) is 0.373. The zero-order chi connectivity index (χ0) is 18.4. The molecule has 0 spiro atoms. The summed E-state index contributed by atoms with van der Waals surface area (Å²) in [6, 6.07) is 16.8. The summed E-state index contributed by atoms with van der Waals surface area (Å²) < 4.78 is 0. The Bertz CT molecular complexity index is 753. The minimum absolute atomic E-state index is 0.0526. The second-order valence-corrected chi connectivity index (χ2v) is 6.44. The molecule has 7 nitrogen and oxygen atoms in total. The average Bonchev–Trinajstić information content (AvgIpc) is 2.64. The number of non-ortho nitro benzene ring substituents is 1. The molecule has 2 aromatic carbocycles. The van der Waals surface area contributed by atoms with Gasteiger partial charge in [-0.25, -0.2) is 4.99 Å². The van der Waals surface area contributed by atoms with Crippen LogP contribution in [-0.2, 0) is 6.54 Å². The highest BCUT2D eigenvalue weighted by atomic mass is 16.6. The van der Waals surface area contributed by atoms with Crippen LogP contribution in [0.25, 0.3) is 0 Å². The largest absolute Gasteiger partial charge is 0.370 e. The Morgan fingerprint density at radius 2 is 1.81 bits per heavy atom. The molecule has 26 heavy (non-hydrogen) atoms. The van der Waals surface area contributed by atoms with Crippen molar-refractivity contribution in [1.82, 2.24) is 4.90 Å². The molecular weight excluding hydrogens is 330 g/mol. The molecule has 0 aromatic heterocycles. The number of benzene rings is 2. The molecule has 1 aliphatic rings. The molecule has 1 aliphatic heterocycles. The average molecular weight is 353 g/mol. The maximum absolute atomic E-state index is 10.7. The smallest absolute Gasteiger partial charge is 0.269 e. The Hall–Kier alpha value is -2.93. The van der Waals surface area contributed by atoms with Crippen LogP contribution in [0.5, 0.6) is 0 Å². The molecule has 136 valence electrons. The Morgan fingerprint density at radius 3 is 2.42 bits per heavy atom. The van der Waals surface area contributed by atoms with Crippen LogP contribution in [0.4, 0.5) is 11.4 Å². The van der Waals surface area contributed by atoms with E-state index in [0.29, 0.717) is 11.6 Å². The highest BCUT2D eigenvalue weighted by molar-refractivity contribution is 5.92. The molecular formula is C19H23N5O2. The summed E-state index contributed by atoms with van der Waals surface area (Å²) in [4.78, 5) is 17.2. The number of likely N-dealkylation sites (tertiary alicyclic amines) is 1. The first-order chi connectivity index (χ1) is 12.6. The van der Waals surface area contributed by atoms with Crippen molar-refractivity contribution < 1.29 is 4.92 Å². The number of nitro groups is 1. The third-order valence-corrected chi connectivity index (χ3v) is 4.48. The third kappa shape index (κ3) is 5.03. The van der Waals surface area contributed by atoms with Gasteiger partial charge < -0.3 is 11.1 Å². The monoisotopic (exact) mass is 353 g/mol. The van der Waals surface area contributed by atoms with E-state index in [1.807, 2.05) is 6.07 Å². The second-order valence-electron chi connectivity index (χ2n) is 6.44. The molecule has 0 atom stereocenters. The summed E-state index contributed by atoms with van der Waals surface area (Å²) in [7, 11) is 0. The van der Waals surface area contributed by atoms with Gasteiger partial charge in [-0.3, -0.25) is 15.0 Å². The van der Waals surface area contributed by atoms with Gasteiger partial charge in [-0.05, 0) is 30.5 Å². The van der Waals surface area contributed by atoms with Gasteiger partial charge in [0, 0.05) is 37.5 Å². The summed E-state index contributed by atoms with van der Waals surface area (Å²) in [6.07, 6.45) is 1.94. The summed E-state index contributed by atoms with van der Waals surface area (Å²) in [5.74, 6) is 0.348. The normalized spacial score (nSPS) is 16.4. The van der Waals surface area contributed by atoms with E-state index in [9.17, 15) is 10.1 Å². The zero-order valence-electron chi connectivity index (χ0n) is 14.5. The lowest BCUT2D eigenvalue weighted by Gasteiger charge is -2.30. The minimum Gasteiger partial charge on any atom is -0.370 e. The summed E-state index contributed by atoms with van der Waals surface area (Å²) in [6.45, 7) is 2.95. The van der Waals surface area contributed by atoms with Crippen molar-refractivity contribution in [2.45, 2.75) is 25.4 Å². The lowest BCUT2D eigenvalue weighted by Crippen LogP contribution is -2.36. The van der Waals surface area contributed by atoms with Gasteiger partial charge in [0.15, 0.2) is 5.96 Å². The first-order valence-electron chi connectivity index (χ1n) is 8.71. The maximum atomic E-state index is 10.7. The van der Waals surface area contributed by atoms with Gasteiger partial charge in [0.2, 0.25) is 0 Å². The molecule has 1 heterocycles. The summed E-state index contributed by atoms with van der Waals surface area (Å²) in [5, 5.41) is 13.7. The molecule has 0 saturated carbocycles. The summed E-state index contributed by atoms with van der Waals surface area (Å²) in [5.41, 5.74) is 8.06. The number of nitro benzene ring substituents is 1. The van der Waals surface area contributed by atoms with Gasteiger partial charge in [-0.15, -0.1) is 0 Å². The first-order valence-corrected chi connectivity index (χ1v) is 8.71. The molecule has 3 N–H and O–H groups in total. The van der Waals surface area contributed by atoms with Crippen LogP contribution in [0.15, 0.2) is 59.6 Å². The van der Waals surface area contributed by atoms with Crippen molar-refractivity contribution in [3.05, 3.63) is 70.3 Å². The van der Waals surface area contributed by atoms with E-state index < -0.39 is 4.92 Å². The van der Waals surface area contributed by atoms with E-state index in [1.54, 1.807) is 12.1 Å². The Kier molecular flexibility index (Phi) is 5.80. The zero-order valence-corrected chi connectivity index (χ0v) is 14.5. The SMILES string of the molecule is NC(=NC1CCN(Cc2ccccc2)CC1)Nc1ccc([N+](=O)[O-])cc1. The number of nitrogens with two attached hydrogens (primary N) is 1. The number of aliphatic imine (C=N–C) groups is 1. The van der Waals surface area contributed by atoms with E-state index in [0.717, 1.165) is 32.5 Å². The fraction of sp³-hybridized carbons (Fsp3) is 0.316. The predicted octanol–water partition coefficient (Wildman–Crippen LogP) is 2.99. The number of guanidine groups is 1. The molecule has 3 rings (SSSR count). The predicted molar refractivity (Wildman–Crippen MR) is 103 cm³/mol. The van der Waals surface area contributed by atoms with Crippen LogP contribution in [-0.4, -0.2) is 34.9 Å². The summed E-state index contributed by atoms with van der Waals surface area (Å²) >= 11 is 0. The lowest BCUT2D eigenvalue weighted by molar-refractivity contribution is -0.384. The van der Waals surface area contributed by atoms with Gasteiger partial charge in [0.25, 0.3) is 5.69 Å². The molecule has 1 saturated heterocycles. The van der Waals surface area contributed by atoms with Crippen molar-refractivity contribution in [2.75, 3.05) is 18.4 Å². The number of nitrogens with zero attached hydrogens (tertiary/aromatic N) is 3. The Balaban J connectivity index is 1.48. The highest BCUT2D eigenvalue weighted by Gasteiger charge is 2.19. The van der Waals surface area contributed by atoms with Crippen molar-refractivity contribution >= 4 is 17.3 Å². The van der Waals surface area contributed by atoms with Crippen LogP contribution in [0.3, 0.4) is 0 Å². The molecule has 2 aromatic rings. The van der Waals surface area contributed by atoms with Crippen molar-refractivity contribution in [3.8, 4) is 0 Å². The van der Waals surface area contributed by atoms with Crippen LogP contribution in [0.1, 0.15) is 18.4 Å². The van der Waals surface area contributed by atoms with Crippen LogP contribution in [0.2, 0.25) is 0 Å². The van der Waals surface area contributed by atoms with E-state index in [4.69, 9.17) is 5.73 Å². The number of nitrogens with one attached hydrogen (secondary N) is 1. The minimum atomic E-state index is -0.426. The Morgan fingerprint density at radius 1 is 1.15 bits per heavy atom. The van der Waals surface area contributed by atoms with E-state index in [2.05, 4.69) is 39.5 Å². The third-order valence-electron chi connectivity index (χ3n) is 4.48. The molecule has 7 heteroatoms. The maximum Gasteiger partial charge on any atom is 0.269 e. The van der Waals surface area contributed by atoms with Crippen molar-refractivity contribution in [3.63, 3.8) is 0 Å². The van der Waals surface area contributed by atoms with Gasteiger partial charge in [-0.2, -0.15) is 0 Å². The van der Waals surface area contributed by atoms with Gasteiger partial charge in [0.05, 0.1) is 11.0 Å². The van der Waals surface area contributed by atoms with Crippen LogP contribution >= 0.6 is 0 Å². The van der Waals surface area contributed by atoms with Gasteiger partial charge in [0.1, 0.15) is 0 Å². The fourth-order valence-corrected chi connectivity index (χ4v) is 3.09. The standard InChI is InChI=1S/C19H23N5O2/c20-19(21-16-6-8-18(9-7-16)24(25)26)22-17-10-12-23(13-11-17)14-15-4-2-1-3-5-15/h1-9,17H,10-14H2,(H3,20,21,22). The van der Waals surface area contributed by atoms with Crippen LogP contribution in [0, 0.1) is 10.1 Å². The molecule has 0 bridgehead atoms. The van der Waals surface area contributed by atoms with E-state index >= 15 is 0 Å². The molecule has 0 aliphatic carbocycles. The number of anilines is 1. The number of hydrogen-bond acceptors (Lipinski definition) is 4. The second kappa shape index (κ2) is 8.44. The topological polar surface area (TPSA) is 96.8 Å². The fourth-order valence-electron chi connectivity index (χ4n) is 3.09. The molecule has 0 unspecified atom stereocenters. The van der Waals surface area contributed by atoms with Crippen molar-refractivity contribution in [2.24, 2.45) is 10.7 Å².